The molecule has 1 aliphatic rings. The van der Waals surface area contributed by atoms with Crippen LogP contribution in [0.1, 0.15) is 16.1 Å². The fraction of sp³-hybridized carbons (Fsp3) is 0.208. The van der Waals surface area contributed by atoms with Crippen molar-refractivity contribution in [1.82, 2.24) is 24.2 Å². The average Bonchev–Trinajstić information content (AvgIpc) is 3.37. The second kappa shape index (κ2) is 8.16. The number of hydrogen-bond acceptors (Lipinski definition) is 4. The molecule has 0 atom stereocenters. The number of hydrogen-bond donors (Lipinski definition) is 0. The van der Waals surface area contributed by atoms with Gasteiger partial charge in [-0.25, -0.2) is 0 Å². The number of aryl methyl sites for hydroxylation is 1. The molecule has 0 radical (unpaired) electrons. The Bertz CT molecular complexity index is 1280. The van der Waals surface area contributed by atoms with Gasteiger partial charge in [-0.05, 0) is 41.5 Å². The molecule has 8 heteroatoms. The molecule has 0 bridgehead atoms. The summed E-state index contributed by atoms with van der Waals surface area (Å²) < 4.78 is 8.99. The largest absolute Gasteiger partial charge is 0.497 e. The quantitative estimate of drug-likeness (QED) is 0.458. The molecule has 0 saturated heterocycles. The number of nitrogens with zero attached hydrogens (tertiary/aromatic N) is 5. The van der Waals surface area contributed by atoms with Crippen molar-refractivity contribution in [2.75, 3.05) is 13.7 Å². The van der Waals surface area contributed by atoms with Crippen molar-refractivity contribution in [2.24, 2.45) is 7.05 Å². The first-order valence-electron chi connectivity index (χ1n) is 10.3. The predicted molar refractivity (Wildman–Crippen MR) is 123 cm³/mol. The van der Waals surface area contributed by atoms with E-state index in [1.165, 1.54) is 0 Å². The summed E-state index contributed by atoms with van der Waals surface area (Å²) in [6.07, 6.45) is 5.34. The number of aromatic nitrogens is 4. The Morgan fingerprint density at radius 2 is 1.78 bits per heavy atom. The van der Waals surface area contributed by atoms with Gasteiger partial charge in [-0.15, -0.1) is 0 Å². The molecule has 162 valence electrons. The summed E-state index contributed by atoms with van der Waals surface area (Å²) in [6.45, 7) is 1.72. The van der Waals surface area contributed by atoms with Crippen LogP contribution in [0, 0.1) is 0 Å². The smallest absolute Gasteiger partial charge is 0.272 e. The Balaban J connectivity index is 1.58. The minimum Gasteiger partial charge on any atom is -0.497 e. The van der Waals surface area contributed by atoms with Crippen molar-refractivity contribution >= 4 is 17.5 Å². The zero-order valence-electron chi connectivity index (χ0n) is 17.8. The maximum atomic E-state index is 13.6. The fourth-order valence-electron chi connectivity index (χ4n) is 4.18. The van der Waals surface area contributed by atoms with Crippen LogP contribution in [0.5, 0.6) is 5.75 Å². The Hall–Kier alpha value is -3.58. The molecule has 0 fully saturated rings. The Kier molecular flexibility index (Phi) is 5.19. The number of methoxy groups -OCH3 is 1. The number of carbonyl (C=O) groups excluding carboxylic acids is 1. The van der Waals surface area contributed by atoms with E-state index in [0.29, 0.717) is 30.4 Å². The van der Waals surface area contributed by atoms with Gasteiger partial charge in [-0.1, -0.05) is 23.7 Å². The second-order valence-corrected chi connectivity index (χ2v) is 8.10. The lowest BCUT2D eigenvalue weighted by Crippen LogP contribution is -2.39. The molecule has 0 unspecified atom stereocenters. The number of benzene rings is 1. The molecule has 4 aromatic rings. The Morgan fingerprint density at radius 1 is 1.03 bits per heavy atom. The molecule has 0 saturated carbocycles. The van der Waals surface area contributed by atoms with Gasteiger partial charge in [0.2, 0.25) is 0 Å². The van der Waals surface area contributed by atoms with Crippen molar-refractivity contribution in [3.63, 3.8) is 0 Å². The van der Waals surface area contributed by atoms with Gasteiger partial charge >= 0.3 is 0 Å². The molecule has 1 aromatic carbocycles. The highest BCUT2D eigenvalue weighted by Gasteiger charge is 2.34. The van der Waals surface area contributed by atoms with E-state index < -0.39 is 0 Å². The van der Waals surface area contributed by atoms with Gasteiger partial charge < -0.3 is 14.2 Å². The number of halogens is 1. The van der Waals surface area contributed by atoms with Crippen molar-refractivity contribution in [1.29, 1.82) is 0 Å². The van der Waals surface area contributed by atoms with Crippen LogP contribution in [0.25, 0.3) is 22.5 Å². The molecular weight excluding hydrogens is 426 g/mol. The molecule has 5 rings (SSSR count). The summed E-state index contributed by atoms with van der Waals surface area (Å²) in [6, 6.07) is 13.5. The minimum absolute atomic E-state index is 0.0884. The van der Waals surface area contributed by atoms with Crippen LogP contribution in [0.2, 0.25) is 5.02 Å². The monoisotopic (exact) mass is 447 g/mol. The van der Waals surface area contributed by atoms with E-state index in [1.807, 2.05) is 65.2 Å². The van der Waals surface area contributed by atoms with Gasteiger partial charge in [0.1, 0.15) is 17.1 Å². The summed E-state index contributed by atoms with van der Waals surface area (Å²) in [5.74, 6) is 0.701. The summed E-state index contributed by atoms with van der Waals surface area (Å²) in [5.41, 5.74) is 4.89. The summed E-state index contributed by atoms with van der Waals surface area (Å²) in [7, 11) is 3.51. The summed E-state index contributed by atoms with van der Waals surface area (Å²) >= 11 is 6.90. The molecule has 1 aliphatic heterocycles. The van der Waals surface area contributed by atoms with Crippen LogP contribution in [0.3, 0.4) is 0 Å². The first-order valence-corrected chi connectivity index (χ1v) is 10.7. The summed E-state index contributed by atoms with van der Waals surface area (Å²) in [5, 5.41) is 5.05. The van der Waals surface area contributed by atoms with Gasteiger partial charge in [-0.2, -0.15) is 5.10 Å². The SMILES string of the molecule is COc1ccc(CN2CCn3c(c(Cl)c(-c4ccncc4)c3-c3ccn(C)n3)C2=O)cc1. The maximum absolute atomic E-state index is 13.6. The third-order valence-corrected chi connectivity index (χ3v) is 6.11. The lowest BCUT2D eigenvalue weighted by Gasteiger charge is -2.29. The predicted octanol–water partition coefficient (Wildman–Crippen LogP) is 4.27. The van der Waals surface area contributed by atoms with Crippen molar-refractivity contribution in [2.45, 2.75) is 13.1 Å². The highest BCUT2D eigenvalue weighted by Crippen LogP contribution is 2.43. The van der Waals surface area contributed by atoms with Crippen LogP contribution in [-0.4, -0.2) is 43.8 Å². The average molecular weight is 448 g/mol. The van der Waals surface area contributed by atoms with E-state index in [9.17, 15) is 4.79 Å². The zero-order chi connectivity index (χ0) is 22.2. The molecule has 32 heavy (non-hydrogen) atoms. The number of rotatable bonds is 5. The Labute approximate surface area is 190 Å². The lowest BCUT2D eigenvalue weighted by molar-refractivity contribution is 0.0692. The molecule has 0 aliphatic carbocycles. The number of ether oxygens (including phenoxy) is 1. The highest BCUT2D eigenvalue weighted by atomic mass is 35.5. The van der Waals surface area contributed by atoms with Crippen molar-refractivity contribution < 1.29 is 9.53 Å². The first-order chi connectivity index (χ1) is 15.6. The number of pyridine rings is 1. The molecular formula is C24H22ClN5O2. The minimum atomic E-state index is -0.0884. The Morgan fingerprint density at radius 3 is 2.44 bits per heavy atom. The number of amides is 1. The molecule has 0 spiro atoms. The van der Waals surface area contributed by atoms with Gasteiger partial charge in [0.15, 0.2) is 0 Å². The third kappa shape index (κ3) is 3.44. The zero-order valence-corrected chi connectivity index (χ0v) is 18.6. The van der Waals surface area contributed by atoms with Crippen LogP contribution in [0.15, 0.2) is 61.1 Å². The third-order valence-electron chi connectivity index (χ3n) is 5.75. The van der Waals surface area contributed by atoms with E-state index in [2.05, 4.69) is 10.1 Å². The normalized spacial score (nSPS) is 13.3. The van der Waals surface area contributed by atoms with Crippen LogP contribution in [0.4, 0.5) is 0 Å². The molecule has 0 N–H and O–H groups in total. The number of fused-ring (bicyclic) bond motifs is 1. The van der Waals surface area contributed by atoms with E-state index >= 15 is 0 Å². The molecule has 3 aromatic heterocycles. The van der Waals surface area contributed by atoms with Crippen molar-refractivity contribution in [3.05, 3.63) is 77.3 Å². The van der Waals surface area contributed by atoms with Crippen LogP contribution >= 0.6 is 11.6 Å². The molecule has 1 amide bonds. The lowest BCUT2D eigenvalue weighted by atomic mass is 10.1. The molecule has 4 heterocycles. The molecule has 7 nitrogen and oxygen atoms in total. The van der Waals surface area contributed by atoms with E-state index in [1.54, 1.807) is 24.2 Å². The van der Waals surface area contributed by atoms with Gasteiger partial charge in [0.25, 0.3) is 5.91 Å². The van der Waals surface area contributed by atoms with Crippen LogP contribution < -0.4 is 4.74 Å². The van der Waals surface area contributed by atoms with Crippen molar-refractivity contribution in [3.8, 4) is 28.3 Å². The van der Waals surface area contributed by atoms with E-state index in [4.69, 9.17) is 16.3 Å². The van der Waals surface area contributed by atoms with Gasteiger partial charge in [0, 0.05) is 50.8 Å². The highest BCUT2D eigenvalue weighted by molar-refractivity contribution is 6.37. The first kappa shape index (κ1) is 20.3. The van der Waals surface area contributed by atoms with Gasteiger partial charge in [-0.3, -0.25) is 14.5 Å². The van der Waals surface area contributed by atoms with Gasteiger partial charge in [0.05, 0.1) is 17.8 Å². The maximum Gasteiger partial charge on any atom is 0.272 e. The number of carbonyl (C=O) groups is 1. The van der Waals surface area contributed by atoms with E-state index in [0.717, 1.165) is 33.8 Å². The standard InChI is InChI=1S/C24H22ClN5O2/c1-28-12-9-19(27-28)22-20(17-7-10-26-11-8-17)21(25)23-24(31)29(13-14-30(22)23)15-16-3-5-18(32-2)6-4-16/h3-12H,13-15H2,1-2H3. The second-order valence-electron chi connectivity index (χ2n) is 7.72. The summed E-state index contributed by atoms with van der Waals surface area (Å²) in [4.78, 5) is 19.5. The topological polar surface area (TPSA) is 65.2 Å². The fourth-order valence-corrected chi connectivity index (χ4v) is 4.57. The van der Waals surface area contributed by atoms with Crippen LogP contribution in [-0.2, 0) is 20.1 Å². The van der Waals surface area contributed by atoms with E-state index in [-0.39, 0.29) is 5.91 Å².